The van der Waals surface area contributed by atoms with Crippen LogP contribution in [0.3, 0.4) is 0 Å². The lowest BCUT2D eigenvalue weighted by atomic mass is 9.77. The lowest BCUT2D eigenvalue weighted by Crippen LogP contribution is -2.64. The smallest absolute Gasteiger partial charge is 0.277 e. The van der Waals surface area contributed by atoms with Crippen LogP contribution < -0.4 is 5.32 Å². The number of barbiturate groups is 1. The maximum absolute atomic E-state index is 12.8. The van der Waals surface area contributed by atoms with E-state index in [1.165, 1.54) is 4.90 Å². The van der Waals surface area contributed by atoms with Gasteiger partial charge in [0.05, 0.1) is 0 Å². The van der Waals surface area contributed by atoms with Crippen LogP contribution in [0.1, 0.15) is 38.5 Å². The van der Waals surface area contributed by atoms with Gasteiger partial charge in [-0.05, 0) is 12.8 Å². The predicted molar refractivity (Wildman–Crippen MR) is 82.9 cm³/mol. The van der Waals surface area contributed by atoms with Crippen LogP contribution in [0.25, 0.3) is 0 Å². The molecule has 6 heteroatoms. The molecular weight excluding hydrogens is 288 g/mol. The number of nitrogens with zero attached hydrogens (tertiary/aromatic N) is 1. The van der Waals surface area contributed by atoms with Crippen molar-refractivity contribution in [1.82, 2.24) is 10.2 Å². The summed E-state index contributed by atoms with van der Waals surface area (Å²) in [5.74, 6) is 0.759. The van der Waals surface area contributed by atoms with E-state index in [2.05, 4.69) is 11.9 Å². The third-order valence-electron chi connectivity index (χ3n) is 4.21. The van der Waals surface area contributed by atoms with Gasteiger partial charge in [0, 0.05) is 18.1 Å². The molecule has 21 heavy (non-hydrogen) atoms. The first-order chi connectivity index (χ1) is 10.1. The van der Waals surface area contributed by atoms with Gasteiger partial charge in [-0.2, -0.15) is 11.8 Å². The summed E-state index contributed by atoms with van der Waals surface area (Å²) in [7, 11) is 0. The highest BCUT2D eigenvalue weighted by Crippen LogP contribution is 2.39. The van der Waals surface area contributed by atoms with Crippen LogP contribution in [0, 0.1) is 5.41 Å². The van der Waals surface area contributed by atoms with Gasteiger partial charge in [-0.15, -0.1) is 6.58 Å². The summed E-state index contributed by atoms with van der Waals surface area (Å²) < 4.78 is 0. The number of amides is 4. The molecule has 0 aromatic heterocycles. The number of urea groups is 1. The molecule has 0 radical (unpaired) electrons. The highest BCUT2D eigenvalue weighted by molar-refractivity contribution is 7.99. The van der Waals surface area contributed by atoms with Crippen molar-refractivity contribution in [3.8, 4) is 0 Å². The van der Waals surface area contributed by atoms with Gasteiger partial charge < -0.3 is 0 Å². The molecule has 0 aromatic rings. The molecule has 0 unspecified atom stereocenters. The Bertz CT molecular complexity index is 442. The Kier molecular flexibility index (Phi) is 5.45. The summed E-state index contributed by atoms with van der Waals surface area (Å²) >= 11 is 1.61. The second-order valence-corrected chi connectivity index (χ2v) is 6.73. The van der Waals surface area contributed by atoms with Crippen molar-refractivity contribution >= 4 is 29.6 Å². The fourth-order valence-electron chi connectivity index (χ4n) is 3.03. The molecular formula is C15H22N2O3S. The van der Waals surface area contributed by atoms with Gasteiger partial charge in [-0.1, -0.05) is 31.8 Å². The van der Waals surface area contributed by atoms with Gasteiger partial charge in [0.2, 0.25) is 11.8 Å². The molecule has 1 saturated carbocycles. The van der Waals surface area contributed by atoms with E-state index < -0.39 is 17.4 Å². The number of carbonyl (C=O) groups is 3. The van der Waals surface area contributed by atoms with Gasteiger partial charge in [-0.25, -0.2) is 4.79 Å². The molecule has 0 atom stereocenters. The summed E-state index contributed by atoms with van der Waals surface area (Å²) in [6, 6.07) is -0.570. The van der Waals surface area contributed by atoms with E-state index in [1.807, 2.05) is 0 Å². The molecule has 1 saturated heterocycles. The standard InChI is InChI=1S/C15H22N2O3S/c1-2-10-21-11-9-17-13(19)15(12(18)16-14(17)20)7-5-3-4-6-8-15/h2H,1,3-11H2,(H,16,18,20). The lowest BCUT2D eigenvalue weighted by molar-refractivity contribution is -0.152. The van der Waals surface area contributed by atoms with Crippen LogP contribution in [-0.4, -0.2) is 40.8 Å². The van der Waals surface area contributed by atoms with E-state index in [4.69, 9.17) is 0 Å². The second-order valence-electron chi connectivity index (χ2n) is 5.58. The van der Waals surface area contributed by atoms with Crippen molar-refractivity contribution in [3.63, 3.8) is 0 Å². The molecule has 2 aliphatic rings. The zero-order chi connectivity index (χ0) is 15.3. The van der Waals surface area contributed by atoms with Crippen LogP contribution in [0.5, 0.6) is 0 Å². The molecule has 4 amide bonds. The Morgan fingerprint density at radius 2 is 1.86 bits per heavy atom. The first-order valence-corrected chi connectivity index (χ1v) is 8.63. The summed E-state index contributed by atoms with van der Waals surface area (Å²) in [5.41, 5.74) is -1.01. The average Bonchev–Trinajstić information content (AvgIpc) is 2.72. The highest BCUT2D eigenvalue weighted by Gasteiger charge is 2.53. The Labute approximate surface area is 129 Å². The SMILES string of the molecule is C=CCSCCN1C(=O)NC(=O)C2(CCCCCC2)C1=O. The Morgan fingerprint density at radius 1 is 1.19 bits per heavy atom. The summed E-state index contributed by atoms with van der Waals surface area (Å²) in [6.07, 6.45) is 6.73. The predicted octanol–water partition coefficient (Wildman–Crippen LogP) is 2.32. The van der Waals surface area contributed by atoms with E-state index in [-0.39, 0.29) is 5.91 Å². The molecule has 0 bridgehead atoms. The van der Waals surface area contributed by atoms with Crippen molar-refractivity contribution in [1.29, 1.82) is 0 Å². The van der Waals surface area contributed by atoms with Gasteiger partial charge in [-0.3, -0.25) is 19.8 Å². The van der Waals surface area contributed by atoms with Gasteiger partial charge in [0.1, 0.15) is 5.41 Å². The number of nitrogens with one attached hydrogen (secondary N) is 1. The highest BCUT2D eigenvalue weighted by atomic mass is 32.2. The first-order valence-electron chi connectivity index (χ1n) is 7.48. The zero-order valence-corrected chi connectivity index (χ0v) is 13.0. The van der Waals surface area contributed by atoms with E-state index in [0.29, 0.717) is 25.1 Å². The number of hydrogen-bond acceptors (Lipinski definition) is 4. The maximum Gasteiger partial charge on any atom is 0.330 e. The van der Waals surface area contributed by atoms with E-state index >= 15 is 0 Å². The fraction of sp³-hybridized carbons (Fsp3) is 0.667. The quantitative estimate of drug-likeness (QED) is 0.481. The van der Waals surface area contributed by atoms with Crippen molar-refractivity contribution < 1.29 is 14.4 Å². The zero-order valence-electron chi connectivity index (χ0n) is 12.2. The minimum absolute atomic E-state index is 0.294. The normalized spacial score (nSPS) is 22.1. The van der Waals surface area contributed by atoms with Gasteiger partial charge >= 0.3 is 6.03 Å². The van der Waals surface area contributed by atoms with E-state index in [0.717, 1.165) is 31.4 Å². The van der Waals surface area contributed by atoms with Crippen LogP contribution in [0.4, 0.5) is 4.79 Å². The Hall–Kier alpha value is -1.30. The lowest BCUT2D eigenvalue weighted by Gasteiger charge is -2.38. The van der Waals surface area contributed by atoms with E-state index in [9.17, 15) is 14.4 Å². The fourth-order valence-corrected chi connectivity index (χ4v) is 3.68. The van der Waals surface area contributed by atoms with Crippen LogP contribution in [-0.2, 0) is 9.59 Å². The molecule has 1 heterocycles. The Balaban J connectivity index is 2.10. The largest absolute Gasteiger partial charge is 0.330 e. The van der Waals surface area contributed by atoms with Crippen molar-refractivity contribution in [3.05, 3.63) is 12.7 Å². The number of carbonyl (C=O) groups excluding carboxylic acids is 3. The summed E-state index contributed by atoms with van der Waals surface area (Å²) in [6.45, 7) is 3.98. The molecule has 2 rings (SSSR count). The van der Waals surface area contributed by atoms with E-state index in [1.54, 1.807) is 17.8 Å². The molecule has 1 N–H and O–H groups in total. The molecule has 0 aromatic carbocycles. The average molecular weight is 310 g/mol. The third-order valence-corrected chi connectivity index (χ3v) is 5.15. The van der Waals surface area contributed by atoms with Crippen LogP contribution >= 0.6 is 11.8 Å². The number of imide groups is 2. The number of thioether (sulfide) groups is 1. The third kappa shape index (κ3) is 3.31. The van der Waals surface area contributed by atoms with Gasteiger partial charge in [0.15, 0.2) is 0 Å². The molecule has 5 nitrogen and oxygen atoms in total. The summed E-state index contributed by atoms with van der Waals surface area (Å²) in [5, 5.41) is 2.39. The first kappa shape index (κ1) is 16.1. The Morgan fingerprint density at radius 3 is 2.48 bits per heavy atom. The second kappa shape index (κ2) is 7.11. The van der Waals surface area contributed by atoms with Crippen molar-refractivity contribution in [2.24, 2.45) is 5.41 Å². The topological polar surface area (TPSA) is 66.5 Å². The molecule has 2 fully saturated rings. The van der Waals surface area contributed by atoms with Gasteiger partial charge in [0.25, 0.3) is 0 Å². The molecule has 1 aliphatic heterocycles. The maximum atomic E-state index is 12.8. The van der Waals surface area contributed by atoms with Crippen LogP contribution in [0.15, 0.2) is 12.7 Å². The van der Waals surface area contributed by atoms with Crippen molar-refractivity contribution in [2.45, 2.75) is 38.5 Å². The van der Waals surface area contributed by atoms with Crippen molar-refractivity contribution in [2.75, 3.05) is 18.1 Å². The van der Waals surface area contributed by atoms with Crippen LogP contribution in [0.2, 0.25) is 0 Å². The molecule has 116 valence electrons. The summed E-state index contributed by atoms with van der Waals surface area (Å²) in [4.78, 5) is 38.2. The molecule has 1 aliphatic carbocycles. The number of hydrogen-bond donors (Lipinski definition) is 1. The monoisotopic (exact) mass is 310 g/mol. The minimum Gasteiger partial charge on any atom is -0.277 e. The molecule has 1 spiro atoms. The number of rotatable bonds is 5. The minimum atomic E-state index is -1.01.